The Balaban J connectivity index is 0.000000631. The molecule has 0 saturated carbocycles. The van der Waals surface area contributed by atoms with Gasteiger partial charge in [0.1, 0.15) is 0 Å². The molecule has 7 heteroatoms. The van der Waals surface area contributed by atoms with Crippen molar-refractivity contribution >= 4 is 53.4 Å². The van der Waals surface area contributed by atoms with Gasteiger partial charge in [-0.3, -0.25) is 0 Å². The second kappa shape index (κ2) is 9.75. The van der Waals surface area contributed by atoms with E-state index in [1.807, 2.05) is 0 Å². The monoisotopic (exact) mass is 330 g/mol. The molecule has 1 N–H and O–H groups in total. The second-order valence-electron chi connectivity index (χ2n) is 2.89. The van der Waals surface area contributed by atoms with Crippen LogP contribution in [-0.4, -0.2) is 30.0 Å². The highest BCUT2D eigenvalue weighted by atomic mass is 35.5. The smallest absolute Gasteiger partial charge is 0.341 e. The summed E-state index contributed by atoms with van der Waals surface area (Å²) < 4.78 is 4.78. The molecule has 0 aliphatic rings. The Morgan fingerprint density at radius 1 is 1.33 bits per heavy atom. The lowest BCUT2D eigenvalue weighted by molar-refractivity contribution is 0.0527. The average Bonchev–Trinajstić information content (AvgIpc) is 2.35. The molecule has 0 radical (unpaired) electrons. The minimum atomic E-state index is -0.565. The van der Waals surface area contributed by atoms with Crippen molar-refractivity contribution in [3.8, 4) is 0 Å². The molecule has 1 aromatic carbocycles. The number of carbonyl (C=O) groups is 1. The molecule has 0 unspecified atom stereocenters. The van der Waals surface area contributed by atoms with Gasteiger partial charge >= 0.3 is 5.97 Å². The number of thiol groups is 1. The highest BCUT2D eigenvalue weighted by molar-refractivity contribution is 7.80. The van der Waals surface area contributed by atoms with Gasteiger partial charge in [-0.1, -0.05) is 34.8 Å². The van der Waals surface area contributed by atoms with Crippen LogP contribution >= 0.6 is 47.4 Å². The average molecular weight is 332 g/mol. The van der Waals surface area contributed by atoms with Gasteiger partial charge in [0.05, 0.1) is 33.8 Å². The van der Waals surface area contributed by atoms with Gasteiger partial charge in [-0.05, 0) is 19.1 Å². The summed E-state index contributed by atoms with van der Waals surface area (Å²) >= 11 is 21.0. The summed E-state index contributed by atoms with van der Waals surface area (Å²) in [6.45, 7) is 2.14. The van der Waals surface area contributed by atoms with E-state index in [2.05, 4.69) is 12.6 Å². The number of rotatable bonds is 3. The van der Waals surface area contributed by atoms with Crippen LogP contribution in [0.2, 0.25) is 15.1 Å². The molecule has 0 aliphatic carbocycles. The van der Waals surface area contributed by atoms with E-state index < -0.39 is 5.97 Å². The van der Waals surface area contributed by atoms with Crippen LogP contribution in [0.5, 0.6) is 0 Å². The summed E-state index contributed by atoms with van der Waals surface area (Å²) in [4.78, 5) is 11.4. The number of hydrogen-bond donors (Lipinski definition) is 2. The first-order valence-electron chi connectivity index (χ1n) is 5.01. The number of esters is 1. The van der Waals surface area contributed by atoms with Gasteiger partial charge in [0, 0.05) is 5.75 Å². The van der Waals surface area contributed by atoms with Gasteiger partial charge in [0.15, 0.2) is 0 Å². The first-order valence-corrected chi connectivity index (χ1v) is 6.78. The van der Waals surface area contributed by atoms with Crippen LogP contribution < -0.4 is 0 Å². The molecule has 0 aromatic heterocycles. The van der Waals surface area contributed by atoms with E-state index in [4.69, 9.17) is 44.6 Å². The Morgan fingerprint density at radius 3 is 2.28 bits per heavy atom. The van der Waals surface area contributed by atoms with Crippen LogP contribution in [-0.2, 0) is 4.74 Å². The third kappa shape index (κ3) is 5.67. The molecule has 0 amide bonds. The van der Waals surface area contributed by atoms with Gasteiger partial charge in [-0.25, -0.2) is 4.79 Å². The zero-order valence-electron chi connectivity index (χ0n) is 9.62. The number of aliphatic hydroxyl groups excluding tert-OH is 1. The standard InChI is InChI=1S/C9H7Cl3O2.C2H6OS/c1-2-14-9(13)7-5(10)3-4-6(11)8(7)12;3-1-2-4/h3-4H,2H2,1H3;3-4H,1-2H2. The van der Waals surface area contributed by atoms with Crippen LogP contribution in [0.3, 0.4) is 0 Å². The Labute approximate surface area is 126 Å². The molecule has 102 valence electrons. The molecule has 0 saturated heterocycles. The van der Waals surface area contributed by atoms with E-state index in [1.54, 1.807) is 6.92 Å². The van der Waals surface area contributed by atoms with Gasteiger partial charge in [0.25, 0.3) is 0 Å². The molecule has 3 nitrogen and oxygen atoms in total. The summed E-state index contributed by atoms with van der Waals surface area (Å²) in [7, 11) is 0. The largest absolute Gasteiger partial charge is 0.462 e. The van der Waals surface area contributed by atoms with E-state index in [-0.39, 0.29) is 33.8 Å². The van der Waals surface area contributed by atoms with Crippen molar-refractivity contribution in [3.05, 3.63) is 32.8 Å². The Kier molecular flexibility index (Phi) is 9.68. The number of hydrogen-bond acceptors (Lipinski definition) is 4. The minimum absolute atomic E-state index is 0.114. The fraction of sp³-hybridized carbons (Fsp3) is 0.364. The third-order valence-electron chi connectivity index (χ3n) is 1.62. The van der Waals surface area contributed by atoms with Crippen molar-refractivity contribution in [2.24, 2.45) is 0 Å². The van der Waals surface area contributed by atoms with Crippen molar-refractivity contribution in [1.82, 2.24) is 0 Å². The maximum Gasteiger partial charge on any atom is 0.341 e. The molecule has 1 rings (SSSR count). The quantitative estimate of drug-likeness (QED) is 0.504. The zero-order valence-corrected chi connectivity index (χ0v) is 12.8. The van der Waals surface area contributed by atoms with Crippen LogP contribution in [0, 0.1) is 0 Å². The van der Waals surface area contributed by atoms with Crippen molar-refractivity contribution < 1.29 is 14.6 Å². The molecule has 0 aliphatic heterocycles. The number of carbonyl (C=O) groups excluding carboxylic acids is 1. The van der Waals surface area contributed by atoms with E-state index in [1.165, 1.54) is 12.1 Å². The van der Waals surface area contributed by atoms with Gasteiger partial charge in [0.2, 0.25) is 0 Å². The predicted molar refractivity (Wildman–Crippen MR) is 78.4 cm³/mol. The maximum atomic E-state index is 11.4. The highest BCUT2D eigenvalue weighted by Crippen LogP contribution is 2.31. The molecule has 18 heavy (non-hydrogen) atoms. The summed E-state index contributed by atoms with van der Waals surface area (Å²) in [6.07, 6.45) is 0. The number of aliphatic hydroxyl groups is 1. The SMILES string of the molecule is CCOC(=O)c1c(Cl)ccc(Cl)c1Cl.OCCS. The van der Waals surface area contributed by atoms with Gasteiger partial charge in [-0.15, -0.1) is 0 Å². The van der Waals surface area contributed by atoms with Crippen LogP contribution in [0.15, 0.2) is 12.1 Å². The van der Waals surface area contributed by atoms with Crippen LogP contribution in [0.4, 0.5) is 0 Å². The second-order valence-corrected chi connectivity index (χ2v) is 4.53. The first-order chi connectivity index (χ1) is 8.49. The lowest BCUT2D eigenvalue weighted by atomic mass is 10.2. The molecule has 0 atom stereocenters. The van der Waals surface area contributed by atoms with E-state index in [9.17, 15) is 4.79 Å². The normalized spacial score (nSPS) is 9.44. The molecule has 1 aromatic rings. The van der Waals surface area contributed by atoms with Gasteiger partial charge in [-0.2, -0.15) is 12.6 Å². The lowest BCUT2D eigenvalue weighted by Crippen LogP contribution is -2.06. The molecular weight excluding hydrogens is 319 g/mol. The van der Waals surface area contributed by atoms with E-state index in [0.29, 0.717) is 5.75 Å². The van der Waals surface area contributed by atoms with Crippen molar-refractivity contribution in [1.29, 1.82) is 0 Å². The molecule has 0 bridgehead atoms. The molecule has 0 spiro atoms. The lowest BCUT2D eigenvalue weighted by Gasteiger charge is -2.06. The van der Waals surface area contributed by atoms with Gasteiger partial charge < -0.3 is 9.84 Å². The minimum Gasteiger partial charge on any atom is -0.462 e. The topological polar surface area (TPSA) is 46.5 Å². The van der Waals surface area contributed by atoms with Crippen LogP contribution in [0.1, 0.15) is 17.3 Å². The highest BCUT2D eigenvalue weighted by Gasteiger charge is 2.17. The number of halogens is 3. The fourth-order valence-corrected chi connectivity index (χ4v) is 1.60. The van der Waals surface area contributed by atoms with Crippen molar-refractivity contribution in [2.45, 2.75) is 6.92 Å². The Hall–Kier alpha value is -0.130. The predicted octanol–water partition coefficient (Wildman–Crippen LogP) is 3.73. The van der Waals surface area contributed by atoms with Crippen molar-refractivity contribution in [3.63, 3.8) is 0 Å². The first kappa shape index (κ1) is 17.9. The van der Waals surface area contributed by atoms with Crippen LogP contribution in [0.25, 0.3) is 0 Å². The fourth-order valence-electron chi connectivity index (χ4n) is 0.917. The summed E-state index contributed by atoms with van der Waals surface area (Å²) in [5.74, 6) is 0.00463. The molecule has 0 fully saturated rings. The maximum absolute atomic E-state index is 11.4. The Bertz CT molecular complexity index is 397. The number of ether oxygens (including phenoxy) is 1. The zero-order chi connectivity index (χ0) is 14.1. The summed E-state index contributed by atoms with van der Waals surface area (Å²) in [5, 5.41) is 8.43. The van der Waals surface area contributed by atoms with E-state index in [0.717, 1.165) is 0 Å². The van der Waals surface area contributed by atoms with Crippen molar-refractivity contribution in [2.75, 3.05) is 19.0 Å². The molecule has 0 heterocycles. The number of benzene rings is 1. The summed E-state index contributed by atoms with van der Waals surface area (Å²) in [6, 6.07) is 3.02. The summed E-state index contributed by atoms with van der Waals surface area (Å²) in [5.41, 5.74) is 0.114. The molecular formula is C11H13Cl3O3S. The Morgan fingerprint density at radius 2 is 1.83 bits per heavy atom. The third-order valence-corrected chi connectivity index (χ3v) is 2.94. The van der Waals surface area contributed by atoms with E-state index >= 15 is 0 Å².